The SMILES string of the molecule is Cc1ccc([C@@H](N)C2CC2)c(F)c1F. The van der Waals surface area contributed by atoms with Gasteiger partial charge in [0.25, 0.3) is 0 Å². The van der Waals surface area contributed by atoms with Gasteiger partial charge in [0.05, 0.1) is 0 Å². The fraction of sp³-hybridized carbons (Fsp3) is 0.455. The topological polar surface area (TPSA) is 26.0 Å². The lowest BCUT2D eigenvalue weighted by atomic mass is 10.0. The van der Waals surface area contributed by atoms with Gasteiger partial charge in [0, 0.05) is 11.6 Å². The molecule has 0 saturated heterocycles. The van der Waals surface area contributed by atoms with Crippen molar-refractivity contribution in [2.75, 3.05) is 0 Å². The predicted octanol–water partition coefficient (Wildman–Crippen LogP) is 2.68. The molecule has 0 unspecified atom stereocenters. The molecule has 1 nitrogen and oxygen atoms in total. The Morgan fingerprint density at radius 1 is 1.29 bits per heavy atom. The highest BCUT2D eigenvalue weighted by Gasteiger charge is 2.31. The van der Waals surface area contributed by atoms with Gasteiger partial charge in [-0.2, -0.15) is 0 Å². The van der Waals surface area contributed by atoms with Gasteiger partial charge in [0.1, 0.15) is 0 Å². The summed E-state index contributed by atoms with van der Waals surface area (Å²) < 4.78 is 26.7. The van der Waals surface area contributed by atoms with Crippen molar-refractivity contribution in [3.63, 3.8) is 0 Å². The van der Waals surface area contributed by atoms with E-state index in [0.29, 0.717) is 17.0 Å². The number of rotatable bonds is 2. The zero-order chi connectivity index (χ0) is 10.3. The number of nitrogens with two attached hydrogens (primary N) is 1. The third kappa shape index (κ3) is 1.52. The first-order valence-corrected chi connectivity index (χ1v) is 4.81. The minimum absolute atomic E-state index is 0.315. The van der Waals surface area contributed by atoms with Gasteiger partial charge in [0.15, 0.2) is 11.6 Å². The van der Waals surface area contributed by atoms with Gasteiger partial charge in [-0.25, -0.2) is 8.78 Å². The standard InChI is InChI=1S/C11H13F2N/c1-6-2-5-8(10(13)9(6)12)11(14)7-3-4-7/h2,5,7,11H,3-4,14H2,1H3/t11-/m0/s1. The minimum Gasteiger partial charge on any atom is -0.324 e. The maximum Gasteiger partial charge on any atom is 0.163 e. The van der Waals surface area contributed by atoms with Gasteiger partial charge in [-0.1, -0.05) is 12.1 Å². The van der Waals surface area contributed by atoms with Crippen LogP contribution in [0.4, 0.5) is 8.78 Å². The lowest BCUT2D eigenvalue weighted by Crippen LogP contribution is -2.15. The maximum absolute atomic E-state index is 13.4. The summed E-state index contributed by atoms with van der Waals surface area (Å²) in [6.45, 7) is 1.55. The van der Waals surface area contributed by atoms with E-state index in [0.717, 1.165) is 12.8 Å². The van der Waals surface area contributed by atoms with Gasteiger partial charge in [-0.05, 0) is 31.2 Å². The van der Waals surface area contributed by atoms with E-state index in [1.807, 2.05) is 0 Å². The molecule has 1 aliphatic carbocycles. The smallest absolute Gasteiger partial charge is 0.163 e. The first-order valence-electron chi connectivity index (χ1n) is 4.81. The van der Waals surface area contributed by atoms with E-state index < -0.39 is 11.6 Å². The molecule has 1 aliphatic rings. The monoisotopic (exact) mass is 197 g/mol. The Balaban J connectivity index is 2.38. The molecule has 0 spiro atoms. The first kappa shape index (κ1) is 9.59. The van der Waals surface area contributed by atoms with E-state index in [2.05, 4.69) is 0 Å². The van der Waals surface area contributed by atoms with Crippen molar-refractivity contribution in [2.45, 2.75) is 25.8 Å². The number of hydrogen-bond acceptors (Lipinski definition) is 1. The van der Waals surface area contributed by atoms with E-state index >= 15 is 0 Å². The molecule has 0 aliphatic heterocycles. The molecule has 3 heteroatoms. The molecule has 1 aromatic rings. The van der Waals surface area contributed by atoms with E-state index in [-0.39, 0.29) is 6.04 Å². The lowest BCUT2D eigenvalue weighted by Gasteiger charge is -2.12. The Morgan fingerprint density at radius 3 is 2.50 bits per heavy atom. The number of halogens is 2. The Kier molecular flexibility index (Phi) is 2.27. The predicted molar refractivity (Wildman–Crippen MR) is 50.7 cm³/mol. The highest BCUT2D eigenvalue weighted by Crippen LogP contribution is 2.40. The highest BCUT2D eigenvalue weighted by atomic mass is 19.2. The molecule has 0 amide bonds. The van der Waals surface area contributed by atoms with Crippen molar-refractivity contribution in [1.29, 1.82) is 0 Å². The number of benzene rings is 1. The normalized spacial score (nSPS) is 18.3. The molecule has 14 heavy (non-hydrogen) atoms. The second-order valence-corrected chi connectivity index (χ2v) is 3.96. The van der Waals surface area contributed by atoms with E-state index in [1.54, 1.807) is 19.1 Å². The average Bonchev–Trinajstić information content (AvgIpc) is 2.97. The summed E-state index contributed by atoms with van der Waals surface area (Å²) in [4.78, 5) is 0. The summed E-state index contributed by atoms with van der Waals surface area (Å²) in [6, 6.07) is 2.83. The number of hydrogen-bond donors (Lipinski definition) is 1. The molecule has 0 aromatic heterocycles. The van der Waals surface area contributed by atoms with Crippen molar-refractivity contribution in [1.82, 2.24) is 0 Å². The minimum atomic E-state index is -0.774. The van der Waals surface area contributed by atoms with Crippen LogP contribution < -0.4 is 5.73 Å². The van der Waals surface area contributed by atoms with Gasteiger partial charge < -0.3 is 5.73 Å². The van der Waals surface area contributed by atoms with Crippen LogP contribution in [0.5, 0.6) is 0 Å². The molecule has 1 saturated carbocycles. The Bertz CT molecular complexity index is 359. The van der Waals surface area contributed by atoms with E-state index in [4.69, 9.17) is 5.73 Å². The molecular weight excluding hydrogens is 184 g/mol. The van der Waals surface area contributed by atoms with Crippen LogP contribution in [0.2, 0.25) is 0 Å². The van der Waals surface area contributed by atoms with Crippen LogP contribution in [-0.4, -0.2) is 0 Å². The fourth-order valence-corrected chi connectivity index (χ4v) is 1.63. The highest BCUT2D eigenvalue weighted by molar-refractivity contribution is 5.28. The first-order chi connectivity index (χ1) is 6.61. The van der Waals surface area contributed by atoms with Gasteiger partial charge in [-0.15, -0.1) is 0 Å². The molecule has 1 aromatic carbocycles. The number of aryl methyl sites for hydroxylation is 1. The van der Waals surface area contributed by atoms with Gasteiger partial charge in [0.2, 0.25) is 0 Å². The summed E-state index contributed by atoms with van der Waals surface area (Å²) in [6.07, 6.45) is 2.05. The molecule has 1 atom stereocenters. The van der Waals surface area contributed by atoms with Gasteiger partial charge in [-0.3, -0.25) is 0 Å². The largest absolute Gasteiger partial charge is 0.324 e. The molecule has 76 valence electrons. The second-order valence-electron chi connectivity index (χ2n) is 3.96. The maximum atomic E-state index is 13.4. The van der Waals surface area contributed by atoms with Crippen LogP contribution >= 0.6 is 0 Å². The zero-order valence-electron chi connectivity index (χ0n) is 8.06. The van der Waals surface area contributed by atoms with Crippen LogP contribution in [0.3, 0.4) is 0 Å². The molecular formula is C11H13F2N. The van der Waals surface area contributed by atoms with Gasteiger partial charge >= 0.3 is 0 Å². The fourth-order valence-electron chi connectivity index (χ4n) is 1.63. The second kappa shape index (κ2) is 3.31. The Hall–Kier alpha value is -0.960. The van der Waals surface area contributed by atoms with Crippen molar-refractivity contribution < 1.29 is 8.78 Å². The molecule has 0 radical (unpaired) electrons. The van der Waals surface area contributed by atoms with Crippen molar-refractivity contribution in [2.24, 2.45) is 11.7 Å². The van der Waals surface area contributed by atoms with E-state index in [1.165, 1.54) is 0 Å². The summed E-state index contributed by atoms with van der Waals surface area (Å²) >= 11 is 0. The van der Waals surface area contributed by atoms with Crippen molar-refractivity contribution >= 4 is 0 Å². The molecule has 0 heterocycles. The van der Waals surface area contributed by atoms with Crippen molar-refractivity contribution in [3.8, 4) is 0 Å². The third-order valence-electron chi connectivity index (χ3n) is 2.79. The molecule has 2 rings (SSSR count). The lowest BCUT2D eigenvalue weighted by molar-refractivity contribution is 0.475. The summed E-state index contributed by atoms with van der Waals surface area (Å²) in [5, 5.41) is 0. The average molecular weight is 197 g/mol. The van der Waals surface area contributed by atoms with Crippen LogP contribution in [0.1, 0.15) is 30.0 Å². The Morgan fingerprint density at radius 2 is 1.93 bits per heavy atom. The van der Waals surface area contributed by atoms with Crippen LogP contribution in [0.15, 0.2) is 12.1 Å². The third-order valence-corrected chi connectivity index (χ3v) is 2.79. The van der Waals surface area contributed by atoms with Crippen LogP contribution in [0.25, 0.3) is 0 Å². The Labute approximate surface area is 81.9 Å². The van der Waals surface area contributed by atoms with Crippen LogP contribution in [-0.2, 0) is 0 Å². The summed E-state index contributed by atoms with van der Waals surface area (Å²) in [5.41, 5.74) is 6.46. The summed E-state index contributed by atoms with van der Waals surface area (Å²) in [5.74, 6) is -1.20. The molecule has 2 N–H and O–H groups in total. The van der Waals surface area contributed by atoms with Crippen molar-refractivity contribution in [3.05, 3.63) is 34.9 Å². The molecule has 1 fully saturated rings. The molecule has 0 bridgehead atoms. The zero-order valence-corrected chi connectivity index (χ0v) is 8.06. The van der Waals surface area contributed by atoms with E-state index in [9.17, 15) is 8.78 Å². The van der Waals surface area contributed by atoms with Crippen LogP contribution in [0, 0.1) is 24.5 Å². The summed E-state index contributed by atoms with van der Waals surface area (Å²) in [7, 11) is 0. The quantitative estimate of drug-likeness (QED) is 0.775.